The molecule has 1 spiro atoms. The Kier molecular flexibility index (Phi) is 10.3. The second-order valence-corrected chi connectivity index (χ2v) is 22.9. The van der Waals surface area contributed by atoms with Crippen molar-refractivity contribution in [3.05, 3.63) is 34.8 Å². The summed E-state index contributed by atoms with van der Waals surface area (Å²) in [5.74, 6) is -0.434. The molecule has 2 atom stereocenters. The molecule has 2 saturated heterocycles. The van der Waals surface area contributed by atoms with Gasteiger partial charge in [-0.2, -0.15) is 0 Å². The molecule has 1 aromatic carbocycles. The zero-order valence-corrected chi connectivity index (χ0v) is 34.4. The molecule has 7 rings (SSSR count). The molecule has 56 heavy (non-hydrogen) atoms. The smallest absolute Gasteiger partial charge is 0.416 e. The largest absolute Gasteiger partial charge is 0.465 e. The third-order valence-electron chi connectivity index (χ3n) is 11.5. The summed E-state index contributed by atoms with van der Waals surface area (Å²) in [6.45, 7) is 18.2. The van der Waals surface area contributed by atoms with Crippen LogP contribution in [0.25, 0.3) is 11.0 Å². The first-order valence-electron chi connectivity index (χ1n) is 19.2. The zero-order valence-electron chi connectivity index (χ0n) is 33.4. The fourth-order valence-electron chi connectivity index (χ4n) is 7.54. The number of aromatic nitrogens is 4. The van der Waals surface area contributed by atoms with Gasteiger partial charge in [0.1, 0.15) is 28.1 Å². The van der Waals surface area contributed by atoms with Gasteiger partial charge in [0, 0.05) is 38.9 Å². The Morgan fingerprint density at radius 1 is 1.09 bits per heavy atom. The number of imidazole rings is 1. The highest BCUT2D eigenvalue weighted by atomic mass is 28.4. The lowest BCUT2D eigenvalue weighted by atomic mass is 9.90. The summed E-state index contributed by atoms with van der Waals surface area (Å²) < 4.78 is 55.4. The minimum Gasteiger partial charge on any atom is -0.465 e. The Morgan fingerprint density at radius 2 is 1.79 bits per heavy atom. The minimum atomic E-state index is -2.19. The van der Waals surface area contributed by atoms with Crippen LogP contribution in [-0.4, -0.2) is 108 Å². The number of rotatable bonds is 9. The third-order valence-corrected chi connectivity index (χ3v) is 16.0. The molecule has 3 N–H and O–H groups in total. The molecule has 304 valence electrons. The molecule has 2 aromatic heterocycles. The third kappa shape index (κ3) is 8.18. The highest BCUT2D eigenvalue weighted by Gasteiger charge is 2.48. The monoisotopic (exact) mass is 798 g/mol. The highest BCUT2D eigenvalue weighted by Crippen LogP contribution is 2.40. The predicted octanol–water partition coefficient (Wildman–Crippen LogP) is 5.63. The number of alkyl carbamates (subject to hydrolysis) is 1. The fraction of sp³-hybridized carbons (Fsp3) is 0.632. The molecule has 4 aliphatic rings. The van der Waals surface area contributed by atoms with Crippen LogP contribution in [0.15, 0.2) is 6.20 Å². The van der Waals surface area contributed by atoms with Crippen molar-refractivity contribution in [2.45, 2.75) is 109 Å². The van der Waals surface area contributed by atoms with Crippen LogP contribution in [-0.2, 0) is 38.0 Å². The van der Waals surface area contributed by atoms with Crippen molar-refractivity contribution in [2.75, 3.05) is 49.6 Å². The van der Waals surface area contributed by atoms with Crippen molar-refractivity contribution in [3.63, 3.8) is 0 Å². The summed E-state index contributed by atoms with van der Waals surface area (Å²) in [7, 11) is -2.19. The van der Waals surface area contributed by atoms with Crippen molar-refractivity contribution in [1.82, 2.24) is 30.2 Å². The molecule has 18 heteroatoms. The zero-order chi connectivity index (χ0) is 40.4. The molecule has 3 aliphatic heterocycles. The number of amides is 3. The van der Waals surface area contributed by atoms with Gasteiger partial charge in [-0.15, -0.1) is 0 Å². The number of ether oxygens (including phenoxy) is 3. The molecular weight excluding hydrogens is 747 g/mol. The molecule has 0 radical (unpaired) electrons. The highest BCUT2D eigenvalue weighted by molar-refractivity contribution is 6.74. The minimum absolute atomic E-state index is 0.00486. The number of likely N-dealkylation sites (tertiary alicyclic amines) is 1. The predicted molar refractivity (Wildman–Crippen MR) is 205 cm³/mol. The first-order chi connectivity index (χ1) is 26.2. The molecule has 3 aromatic rings. The number of anilines is 2. The molecule has 1 aliphatic carbocycles. The lowest BCUT2D eigenvalue weighted by Crippen LogP contribution is -2.48. The summed E-state index contributed by atoms with van der Waals surface area (Å²) in [4.78, 5) is 57.3. The first kappa shape index (κ1) is 39.8. The standard InChI is InChI=1S/C38H52F2N8O7Si/c1-36(2,3)54-34(50)42-22(18-53-56(7,8)37(4,5)6)15-25-43-30-28(39)23-13-21(14-24(23)29(40)31(30)44-25)17-47-11-9-38(10-12-47)20-48(35(51)55-38)26-16-41-33-32(45-26)46-27(49)19-52-33/h16,21-22H,9-15,17-20H2,1-8H3,(H,42,50)(H,43,44)(H,45,46,49)/t22-/m0/s1. The van der Waals surface area contributed by atoms with E-state index < -0.39 is 49.4 Å². The van der Waals surface area contributed by atoms with Gasteiger partial charge < -0.3 is 39.2 Å². The Hall–Kier alpha value is -4.42. The number of hydrogen-bond acceptors (Lipinski definition) is 11. The second-order valence-electron chi connectivity index (χ2n) is 18.0. The van der Waals surface area contributed by atoms with Crippen molar-refractivity contribution < 1.29 is 41.8 Å². The summed E-state index contributed by atoms with van der Waals surface area (Å²) >= 11 is 0. The molecule has 15 nitrogen and oxygen atoms in total. The molecule has 5 heterocycles. The van der Waals surface area contributed by atoms with E-state index >= 15 is 8.78 Å². The summed E-state index contributed by atoms with van der Waals surface area (Å²) in [5.41, 5.74) is -0.734. The maximum Gasteiger partial charge on any atom is 0.416 e. The second kappa shape index (κ2) is 14.5. The summed E-state index contributed by atoms with van der Waals surface area (Å²) in [6.07, 6.45) is 2.36. The number of nitrogens with zero attached hydrogens (tertiary/aromatic N) is 5. The number of aromatic amines is 1. The van der Waals surface area contributed by atoms with Crippen molar-refractivity contribution >= 4 is 49.1 Å². The fourth-order valence-corrected chi connectivity index (χ4v) is 8.59. The number of carbonyl (C=O) groups excluding carboxylic acids is 3. The maximum atomic E-state index is 16.2. The molecule has 0 bridgehead atoms. The van der Waals surface area contributed by atoms with Crippen LogP contribution in [0.1, 0.15) is 71.3 Å². The van der Waals surface area contributed by atoms with Gasteiger partial charge in [0.25, 0.3) is 11.8 Å². The van der Waals surface area contributed by atoms with E-state index in [0.717, 1.165) is 0 Å². The van der Waals surface area contributed by atoms with Crippen LogP contribution >= 0.6 is 0 Å². The lowest BCUT2D eigenvalue weighted by Gasteiger charge is -2.38. The van der Waals surface area contributed by atoms with Gasteiger partial charge in [-0.05, 0) is 68.8 Å². The Balaban J connectivity index is 0.984. The number of halogens is 2. The molecule has 0 saturated carbocycles. The van der Waals surface area contributed by atoms with Crippen molar-refractivity contribution in [2.24, 2.45) is 5.92 Å². The number of nitrogens with one attached hydrogen (secondary N) is 3. The molecule has 1 unspecified atom stereocenters. The molecule has 3 amide bonds. The van der Waals surface area contributed by atoms with E-state index in [1.165, 1.54) is 11.1 Å². The maximum absolute atomic E-state index is 16.2. The first-order valence-corrected chi connectivity index (χ1v) is 22.1. The number of hydrogen-bond donors (Lipinski definition) is 3. The summed E-state index contributed by atoms with van der Waals surface area (Å²) in [5, 5.41) is 5.43. The quantitative estimate of drug-likeness (QED) is 0.229. The van der Waals surface area contributed by atoms with Crippen molar-refractivity contribution in [1.29, 1.82) is 0 Å². The van der Waals surface area contributed by atoms with Crippen LogP contribution < -0.4 is 20.3 Å². The van der Waals surface area contributed by atoms with Gasteiger partial charge in [-0.25, -0.2) is 33.3 Å². The van der Waals surface area contributed by atoms with Gasteiger partial charge in [0.2, 0.25) is 0 Å². The van der Waals surface area contributed by atoms with E-state index in [1.54, 1.807) is 20.8 Å². The topological polar surface area (TPSA) is 173 Å². The van der Waals surface area contributed by atoms with Crippen molar-refractivity contribution in [3.8, 4) is 5.88 Å². The van der Waals surface area contributed by atoms with Gasteiger partial charge in [-0.1, -0.05) is 20.8 Å². The average molecular weight is 799 g/mol. The SMILES string of the molecule is CC(C)(C)OC(=O)N[C@H](CO[Si](C)(C)C(C)(C)C)Cc1nc2c(F)c3c(c(F)c2[nH]1)CC(CN1CCC2(CC1)CN(c1cnc4c(n1)NC(=O)CO4)C(=O)O2)C3. The number of fused-ring (bicyclic) bond motifs is 3. The van der Waals surface area contributed by atoms with Gasteiger partial charge in [0.05, 0.1) is 25.4 Å². The van der Waals surface area contributed by atoms with Crippen LogP contribution in [0.3, 0.4) is 0 Å². The van der Waals surface area contributed by atoms with Crippen LogP contribution in [0, 0.1) is 17.6 Å². The number of carbonyl (C=O) groups is 3. The lowest BCUT2D eigenvalue weighted by molar-refractivity contribution is -0.118. The van der Waals surface area contributed by atoms with Crippen LogP contribution in [0.5, 0.6) is 5.88 Å². The number of benzene rings is 1. The molecule has 2 fully saturated rings. The van der Waals surface area contributed by atoms with E-state index in [1.807, 2.05) is 0 Å². The summed E-state index contributed by atoms with van der Waals surface area (Å²) in [6, 6.07) is -0.557. The number of H-pyrrole nitrogens is 1. The van der Waals surface area contributed by atoms with Gasteiger partial charge in [-0.3, -0.25) is 9.69 Å². The Labute approximate surface area is 325 Å². The van der Waals surface area contributed by atoms with Gasteiger partial charge in [0.15, 0.2) is 38.2 Å². The van der Waals surface area contributed by atoms with Crippen LogP contribution in [0.4, 0.5) is 30.0 Å². The Bertz CT molecular complexity index is 1990. The van der Waals surface area contributed by atoms with Gasteiger partial charge >= 0.3 is 12.2 Å². The molecular formula is C38H52F2N8O7Si. The Morgan fingerprint density at radius 3 is 2.46 bits per heavy atom. The normalized spacial score (nSPS) is 19.4. The van der Waals surface area contributed by atoms with E-state index in [9.17, 15) is 14.4 Å². The average Bonchev–Trinajstić information content (AvgIpc) is 3.81. The van der Waals surface area contributed by atoms with E-state index in [2.05, 4.69) is 69.3 Å². The van der Waals surface area contributed by atoms with E-state index in [4.69, 9.17) is 18.6 Å². The number of piperidine rings is 1. The van der Waals surface area contributed by atoms with Crippen LogP contribution in [0.2, 0.25) is 18.1 Å². The van der Waals surface area contributed by atoms with E-state index in [-0.39, 0.29) is 71.6 Å². The van der Waals surface area contributed by atoms with E-state index in [0.29, 0.717) is 62.3 Å².